The quantitative estimate of drug-likeness (QED) is 0.458. The minimum absolute atomic E-state index is 0.0178. The van der Waals surface area contributed by atoms with E-state index in [4.69, 9.17) is 9.47 Å². The molecule has 1 aliphatic rings. The van der Waals surface area contributed by atoms with E-state index in [1.165, 1.54) is 0 Å². The van der Waals surface area contributed by atoms with Gasteiger partial charge < -0.3 is 9.47 Å². The van der Waals surface area contributed by atoms with Crippen LogP contribution in [0.1, 0.15) is 17.5 Å². The molecule has 1 unspecified atom stereocenters. The molecule has 0 saturated carbocycles. The summed E-state index contributed by atoms with van der Waals surface area (Å²) in [5, 5.41) is 0. The summed E-state index contributed by atoms with van der Waals surface area (Å²) in [6.07, 6.45) is -1.50. The summed E-state index contributed by atoms with van der Waals surface area (Å²) >= 11 is 0. The van der Waals surface area contributed by atoms with E-state index in [1.807, 2.05) is 12.1 Å². The standard InChI is InChI=1S/C20H17NO6/c22-17-11-16(19(24)26-12-14-7-3-1-4-8-14)18(23)21(17)20(25)27-13-15-9-5-2-6-10-15/h1-10,16H,11-13H2. The molecule has 0 aromatic heterocycles. The van der Waals surface area contributed by atoms with Crippen molar-refractivity contribution in [3.05, 3.63) is 71.8 Å². The van der Waals surface area contributed by atoms with Crippen LogP contribution in [0.2, 0.25) is 0 Å². The molecule has 138 valence electrons. The molecule has 3 amide bonds. The summed E-state index contributed by atoms with van der Waals surface area (Å²) in [5.41, 5.74) is 1.46. The third-order valence-electron chi connectivity index (χ3n) is 4.04. The number of carbonyl (C=O) groups is 4. The van der Waals surface area contributed by atoms with Crippen LogP contribution >= 0.6 is 0 Å². The molecule has 1 heterocycles. The van der Waals surface area contributed by atoms with Crippen LogP contribution in [0, 0.1) is 5.92 Å². The maximum Gasteiger partial charge on any atom is 0.423 e. The van der Waals surface area contributed by atoms with Crippen molar-refractivity contribution < 1.29 is 28.7 Å². The van der Waals surface area contributed by atoms with E-state index in [2.05, 4.69) is 0 Å². The van der Waals surface area contributed by atoms with Crippen molar-refractivity contribution in [2.75, 3.05) is 0 Å². The Hall–Kier alpha value is -3.48. The van der Waals surface area contributed by atoms with Gasteiger partial charge in [0.2, 0.25) is 5.91 Å². The number of ether oxygens (including phenoxy) is 2. The summed E-state index contributed by atoms with van der Waals surface area (Å²) < 4.78 is 10.1. The summed E-state index contributed by atoms with van der Waals surface area (Å²) in [7, 11) is 0. The van der Waals surface area contributed by atoms with Crippen LogP contribution in [0.3, 0.4) is 0 Å². The third kappa shape index (κ3) is 4.38. The van der Waals surface area contributed by atoms with E-state index in [1.54, 1.807) is 48.5 Å². The van der Waals surface area contributed by atoms with Crippen LogP contribution in [0.4, 0.5) is 4.79 Å². The Morgan fingerprint density at radius 1 is 0.852 bits per heavy atom. The number of carbonyl (C=O) groups excluding carboxylic acids is 4. The topological polar surface area (TPSA) is 90.0 Å². The minimum Gasteiger partial charge on any atom is -0.460 e. The summed E-state index contributed by atoms with van der Waals surface area (Å²) in [5.74, 6) is -3.86. The van der Waals surface area contributed by atoms with E-state index in [-0.39, 0.29) is 13.2 Å². The summed E-state index contributed by atoms with van der Waals surface area (Å²) in [6.45, 7) is -0.101. The van der Waals surface area contributed by atoms with Crippen molar-refractivity contribution in [3.63, 3.8) is 0 Å². The van der Waals surface area contributed by atoms with Gasteiger partial charge >= 0.3 is 12.1 Å². The van der Waals surface area contributed by atoms with Gasteiger partial charge in [0, 0.05) is 0 Å². The largest absolute Gasteiger partial charge is 0.460 e. The van der Waals surface area contributed by atoms with Gasteiger partial charge in [-0.15, -0.1) is 0 Å². The fourth-order valence-corrected chi connectivity index (χ4v) is 2.62. The maximum atomic E-state index is 12.3. The smallest absolute Gasteiger partial charge is 0.423 e. The molecule has 1 fully saturated rings. The fraction of sp³-hybridized carbons (Fsp3) is 0.200. The predicted molar refractivity (Wildman–Crippen MR) is 92.8 cm³/mol. The first kappa shape index (κ1) is 18.3. The van der Waals surface area contributed by atoms with E-state index >= 15 is 0 Å². The first-order chi connectivity index (χ1) is 13.1. The first-order valence-corrected chi connectivity index (χ1v) is 8.34. The second-order valence-corrected chi connectivity index (χ2v) is 5.96. The zero-order chi connectivity index (χ0) is 19.2. The van der Waals surface area contributed by atoms with Gasteiger partial charge in [-0.2, -0.15) is 4.90 Å². The number of benzene rings is 2. The van der Waals surface area contributed by atoms with Crippen LogP contribution in [0.15, 0.2) is 60.7 Å². The second-order valence-electron chi connectivity index (χ2n) is 5.96. The normalized spacial score (nSPS) is 16.3. The van der Waals surface area contributed by atoms with Crippen molar-refractivity contribution in [2.45, 2.75) is 19.6 Å². The molecule has 0 radical (unpaired) electrons. The molecule has 27 heavy (non-hydrogen) atoms. The van der Waals surface area contributed by atoms with Crippen LogP contribution < -0.4 is 0 Å². The number of imide groups is 3. The van der Waals surface area contributed by atoms with Gasteiger partial charge in [-0.1, -0.05) is 60.7 Å². The van der Waals surface area contributed by atoms with Crippen molar-refractivity contribution in [1.82, 2.24) is 4.90 Å². The van der Waals surface area contributed by atoms with Gasteiger partial charge in [0.05, 0.1) is 6.42 Å². The predicted octanol–water partition coefficient (Wildman–Crippen LogP) is 2.44. The van der Waals surface area contributed by atoms with Crippen molar-refractivity contribution in [3.8, 4) is 0 Å². The molecule has 1 atom stereocenters. The molecule has 0 bridgehead atoms. The van der Waals surface area contributed by atoms with E-state index < -0.39 is 36.2 Å². The molecule has 7 heteroatoms. The lowest BCUT2D eigenvalue weighted by molar-refractivity contribution is -0.153. The molecule has 2 aromatic rings. The lowest BCUT2D eigenvalue weighted by Crippen LogP contribution is -2.38. The highest BCUT2D eigenvalue weighted by molar-refractivity contribution is 6.20. The zero-order valence-electron chi connectivity index (χ0n) is 14.4. The lowest BCUT2D eigenvalue weighted by Gasteiger charge is -2.13. The highest BCUT2D eigenvalue weighted by Crippen LogP contribution is 2.22. The number of hydrogen-bond donors (Lipinski definition) is 0. The average Bonchev–Trinajstić information content (AvgIpc) is 3.00. The van der Waals surface area contributed by atoms with E-state index in [0.29, 0.717) is 10.5 Å². The summed E-state index contributed by atoms with van der Waals surface area (Å²) in [6, 6.07) is 17.8. The Balaban J connectivity index is 1.57. The Bertz CT molecular complexity index is 849. The van der Waals surface area contributed by atoms with E-state index in [0.717, 1.165) is 5.56 Å². The Kier molecular flexibility index (Phi) is 5.61. The first-order valence-electron chi connectivity index (χ1n) is 8.34. The molecule has 0 N–H and O–H groups in total. The molecule has 0 aliphatic carbocycles. The third-order valence-corrected chi connectivity index (χ3v) is 4.04. The molecule has 2 aromatic carbocycles. The highest BCUT2D eigenvalue weighted by Gasteiger charge is 2.47. The Morgan fingerprint density at radius 2 is 1.37 bits per heavy atom. The monoisotopic (exact) mass is 367 g/mol. The molecule has 3 rings (SSSR count). The number of esters is 1. The van der Waals surface area contributed by atoms with Crippen LogP contribution in [0.25, 0.3) is 0 Å². The lowest BCUT2D eigenvalue weighted by atomic mass is 10.1. The molecule has 1 saturated heterocycles. The fourth-order valence-electron chi connectivity index (χ4n) is 2.62. The number of rotatable bonds is 5. The molecule has 1 aliphatic heterocycles. The zero-order valence-corrected chi connectivity index (χ0v) is 14.4. The maximum absolute atomic E-state index is 12.3. The van der Waals surface area contributed by atoms with E-state index in [9.17, 15) is 19.2 Å². The van der Waals surface area contributed by atoms with Gasteiger partial charge in [-0.25, -0.2) is 4.79 Å². The number of hydrogen-bond acceptors (Lipinski definition) is 6. The van der Waals surface area contributed by atoms with Gasteiger partial charge in [0.15, 0.2) is 0 Å². The molecule has 0 spiro atoms. The minimum atomic E-state index is -1.33. The van der Waals surface area contributed by atoms with Crippen molar-refractivity contribution in [2.24, 2.45) is 5.92 Å². The van der Waals surface area contributed by atoms with Crippen LogP contribution in [0.5, 0.6) is 0 Å². The van der Waals surface area contributed by atoms with Gasteiger partial charge in [-0.3, -0.25) is 14.4 Å². The average molecular weight is 367 g/mol. The van der Waals surface area contributed by atoms with Crippen LogP contribution in [-0.4, -0.2) is 28.8 Å². The number of amides is 3. The summed E-state index contributed by atoms with van der Waals surface area (Å²) in [4.78, 5) is 49.0. The second kappa shape index (κ2) is 8.27. The Labute approximate surface area is 155 Å². The molecular weight excluding hydrogens is 350 g/mol. The van der Waals surface area contributed by atoms with Crippen molar-refractivity contribution >= 4 is 23.9 Å². The van der Waals surface area contributed by atoms with Gasteiger partial charge in [-0.05, 0) is 11.1 Å². The molecule has 7 nitrogen and oxygen atoms in total. The SMILES string of the molecule is O=C(OCc1ccccc1)C1CC(=O)N(C(=O)OCc2ccccc2)C1=O. The number of likely N-dealkylation sites (tertiary alicyclic amines) is 1. The number of nitrogens with zero attached hydrogens (tertiary/aromatic N) is 1. The Morgan fingerprint density at radius 3 is 1.93 bits per heavy atom. The van der Waals surface area contributed by atoms with Crippen molar-refractivity contribution in [1.29, 1.82) is 0 Å². The highest BCUT2D eigenvalue weighted by atomic mass is 16.6. The van der Waals surface area contributed by atoms with Crippen LogP contribution in [-0.2, 0) is 37.1 Å². The van der Waals surface area contributed by atoms with Gasteiger partial charge in [0.25, 0.3) is 5.91 Å². The molecular formula is C20H17NO6. The van der Waals surface area contributed by atoms with Gasteiger partial charge in [0.1, 0.15) is 19.1 Å².